The summed E-state index contributed by atoms with van der Waals surface area (Å²) >= 11 is 0. The summed E-state index contributed by atoms with van der Waals surface area (Å²) in [5.74, 6) is 0.0763. The Kier molecular flexibility index (Phi) is 8.85. The molecule has 4 rings (SSSR count). The summed E-state index contributed by atoms with van der Waals surface area (Å²) in [4.78, 5) is 43.2. The van der Waals surface area contributed by atoms with Gasteiger partial charge in [0, 0.05) is 12.5 Å². The maximum Gasteiger partial charge on any atom is 0.246 e. The number of benzene rings is 1. The fourth-order valence-electron chi connectivity index (χ4n) is 6.33. The average molecular weight is 482 g/mol. The zero-order chi connectivity index (χ0) is 24.8. The fraction of sp³-hybridized carbons (Fsp3) is 0.690. The second-order valence-corrected chi connectivity index (χ2v) is 11.3. The summed E-state index contributed by atoms with van der Waals surface area (Å²) in [6.45, 7) is 4.15. The van der Waals surface area contributed by atoms with Gasteiger partial charge >= 0.3 is 0 Å². The molecule has 0 aromatic heterocycles. The highest BCUT2D eigenvalue weighted by Crippen LogP contribution is 2.33. The average Bonchev–Trinajstić information content (AvgIpc) is 2.86. The summed E-state index contributed by atoms with van der Waals surface area (Å²) in [5.41, 5.74) is 1.01. The second-order valence-electron chi connectivity index (χ2n) is 11.3. The van der Waals surface area contributed by atoms with E-state index in [0.717, 1.165) is 56.9 Å². The molecule has 2 aliphatic carbocycles. The van der Waals surface area contributed by atoms with E-state index in [9.17, 15) is 14.4 Å². The molecule has 1 aromatic rings. The van der Waals surface area contributed by atoms with Crippen molar-refractivity contribution < 1.29 is 14.4 Å². The molecule has 0 spiro atoms. The van der Waals surface area contributed by atoms with Gasteiger partial charge in [-0.15, -0.1) is 0 Å². The smallest absolute Gasteiger partial charge is 0.246 e. The first-order valence-corrected chi connectivity index (χ1v) is 13.9. The summed E-state index contributed by atoms with van der Waals surface area (Å²) < 4.78 is 0. The second kappa shape index (κ2) is 12.0. The lowest BCUT2D eigenvalue weighted by atomic mass is 9.80. The Balaban J connectivity index is 1.65. The van der Waals surface area contributed by atoms with E-state index in [0.29, 0.717) is 12.8 Å². The van der Waals surface area contributed by atoms with Gasteiger partial charge in [-0.1, -0.05) is 82.7 Å². The van der Waals surface area contributed by atoms with Gasteiger partial charge in [0.25, 0.3) is 0 Å². The molecule has 0 bridgehead atoms. The lowest BCUT2D eigenvalue weighted by Crippen LogP contribution is -2.70. The van der Waals surface area contributed by atoms with Crippen molar-refractivity contribution in [1.29, 1.82) is 0 Å². The summed E-state index contributed by atoms with van der Waals surface area (Å²) in [6.07, 6.45) is 11.7. The third kappa shape index (κ3) is 6.45. The minimum absolute atomic E-state index is 0.0425. The number of amides is 3. The van der Waals surface area contributed by atoms with Gasteiger partial charge < -0.3 is 15.5 Å². The molecule has 1 aromatic carbocycles. The molecule has 35 heavy (non-hydrogen) atoms. The van der Waals surface area contributed by atoms with E-state index < -0.39 is 18.1 Å². The van der Waals surface area contributed by atoms with Crippen molar-refractivity contribution >= 4 is 17.7 Å². The van der Waals surface area contributed by atoms with E-state index in [1.165, 1.54) is 12.8 Å². The van der Waals surface area contributed by atoms with Crippen molar-refractivity contribution in [3.05, 3.63) is 35.9 Å². The molecule has 0 radical (unpaired) electrons. The minimum Gasteiger partial charge on any atom is -0.352 e. The van der Waals surface area contributed by atoms with Crippen LogP contribution in [-0.2, 0) is 20.8 Å². The Labute approximate surface area is 210 Å². The van der Waals surface area contributed by atoms with Gasteiger partial charge in [-0.2, -0.15) is 0 Å². The quantitative estimate of drug-likeness (QED) is 0.579. The standard InChI is InChI=1S/C29H43N3O3/c1-20(2)18-25-27(33)31-24(19-21-12-6-3-7-13-21)29(35)32(25)26(22-14-8-4-9-15-22)28(34)30-23-16-10-5-11-17-23/h3,6-7,12-13,20,22-26H,4-5,8-11,14-19H2,1-2H3,(H,30,34)(H,31,33)/t24-,25-,26?/m0/s1. The first kappa shape index (κ1) is 25.7. The van der Waals surface area contributed by atoms with Crippen LogP contribution in [0.5, 0.6) is 0 Å². The molecular formula is C29H43N3O3. The number of hydrogen-bond donors (Lipinski definition) is 2. The van der Waals surface area contributed by atoms with Gasteiger partial charge in [-0.05, 0) is 49.5 Å². The molecule has 192 valence electrons. The number of rotatable bonds is 8. The Morgan fingerprint density at radius 2 is 1.60 bits per heavy atom. The molecule has 3 atom stereocenters. The summed E-state index contributed by atoms with van der Waals surface area (Å²) in [5, 5.41) is 6.34. The van der Waals surface area contributed by atoms with Crippen molar-refractivity contribution in [2.45, 2.75) is 115 Å². The van der Waals surface area contributed by atoms with E-state index in [1.54, 1.807) is 4.90 Å². The van der Waals surface area contributed by atoms with Crippen LogP contribution in [0.1, 0.15) is 90.0 Å². The van der Waals surface area contributed by atoms with Crippen LogP contribution in [0, 0.1) is 11.8 Å². The van der Waals surface area contributed by atoms with Crippen molar-refractivity contribution in [2.75, 3.05) is 0 Å². The lowest BCUT2D eigenvalue weighted by Gasteiger charge is -2.46. The SMILES string of the molecule is CC(C)C[C@H]1C(=O)N[C@@H](Cc2ccccc2)C(=O)N1C(C(=O)NC1CCCCC1)C1CCCCC1. The number of carbonyl (C=O) groups is 3. The van der Waals surface area contributed by atoms with Gasteiger partial charge in [0.05, 0.1) is 0 Å². The number of nitrogens with one attached hydrogen (secondary N) is 2. The minimum atomic E-state index is -0.637. The van der Waals surface area contributed by atoms with Crippen molar-refractivity contribution in [1.82, 2.24) is 15.5 Å². The number of hydrogen-bond acceptors (Lipinski definition) is 3. The molecule has 6 nitrogen and oxygen atoms in total. The van der Waals surface area contributed by atoms with Gasteiger partial charge in [-0.25, -0.2) is 0 Å². The van der Waals surface area contributed by atoms with E-state index in [-0.39, 0.29) is 35.6 Å². The summed E-state index contributed by atoms with van der Waals surface area (Å²) in [7, 11) is 0. The summed E-state index contributed by atoms with van der Waals surface area (Å²) in [6, 6.07) is 8.19. The molecule has 3 aliphatic rings. The Hall–Kier alpha value is -2.37. The molecule has 2 N–H and O–H groups in total. The third-order valence-corrected chi connectivity index (χ3v) is 8.10. The van der Waals surface area contributed by atoms with Crippen LogP contribution >= 0.6 is 0 Å². The van der Waals surface area contributed by atoms with Gasteiger partial charge in [0.15, 0.2) is 0 Å². The maximum absolute atomic E-state index is 14.1. The lowest BCUT2D eigenvalue weighted by molar-refractivity contribution is -0.158. The number of nitrogens with zero attached hydrogens (tertiary/aromatic N) is 1. The first-order chi connectivity index (χ1) is 16.9. The van der Waals surface area contributed by atoms with Gasteiger partial charge in [-0.3, -0.25) is 14.4 Å². The highest BCUT2D eigenvalue weighted by Gasteiger charge is 2.48. The molecule has 6 heteroatoms. The molecule has 1 heterocycles. The zero-order valence-corrected chi connectivity index (χ0v) is 21.5. The van der Waals surface area contributed by atoms with Crippen LogP contribution in [-0.4, -0.2) is 46.8 Å². The maximum atomic E-state index is 14.1. The predicted octanol–water partition coefficient (Wildman–Crippen LogP) is 4.37. The Morgan fingerprint density at radius 1 is 0.971 bits per heavy atom. The zero-order valence-electron chi connectivity index (χ0n) is 21.5. The molecule has 2 saturated carbocycles. The van der Waals surface area contributed by atoms with Crippen molar-refractivity contribution in [2.24, 2.45) is 11.8 Å². The highest BCUT2D eigenvalue weighted by molar-refractivity contribution is 6.00. The van der Waals surface area contributed by atoms with Crippen LogP contribution < -0.4 is 10.6 Å². The van der Waals surface area contributed by atoms with Crippen LogP contribution in [0.4, 0.5) is 0 Å². The van der Waals surface area contributed by atoms with E-state index in [2.05, 4.69) is 24.5 Å². The monoisotopic (exact) mass is 481 g/mol. The molecule has 3 fully saturated rings. The Bertz CT molecular complexity index is 859. The van der Waals surface area contributed by atoms with E-state index in [1.807, 2.05) is 30.3 Å². The van der Waals surface area contributed by atoms with Crippen LogP contribution in [0.2, 0.25) is 0 Å². The van der Waals surface area contributed by atoms with Crippen LogP contribution in [0.3, 0.4) is 0 Å². The highest BCUT2D eigenvalue weighted by atomic mass is 16.2. The van der Waals surface area contributed by atoms with E-state index in [4.69, 9.17) is 0 Å². The van der Waals surface area contributed by atoms with Crippen molar-refractivity contribution in [3.63, 3.8) is 0 Å². The van der Waals surface area contributed by atoms with Crippen LogP contribution in [0.25, 0.3) is 0 Å². The predicted molar refractivity (Wildman–Crippen MR) is 138 cm³/mol. The largest absolute Gasteiger partial charge is 0.352 e. The number of piperazine rings is 1. The third-order valence-electron chi connectivity index (χ3n) is 8.10. The molecule has 3 amide bonds. The molecule has 1 unspecified atom stereocenters. The molecular weight excluding hydrogens is 438 g/mol. The van der Waals surface area contributed by atoms with Crippen molar-refractivity contribution in [3.8, 4) is 0 Å². The van der Waals surface area contributed by atoms with Crippen LogP contribution in [0.15, 0.2) is 30.3 Å². The van der Waals surface area contributed by atoms with Gasteiger partial charge in [0.1, 0.15) is 18.1 Å². The first-order valence-electron chi connectivity index (χ1n) is 13.9. The molecule has 1 aliphatic heterocycles. The fourth-order valence-corrected chi connectivity index (χ4v) is 6.33. The number of carbonyl (C=O) groups excluding carboxylic acids is 3. The normalized spacial score (nSPS) is 25.4. The Morgan fingerprint density at radius 3 is 2.23 bits per heavy atom. The molecule has 1 saturated heterocycles. The van der Waals surface area contributed by atoms with Gasteiger partial charge in [0.2, 0.25) is 17.7 Å². The van der Waals surface area contributed by atoms with E-state index >= 15 is 0 Å². The topological polar surface area (TPSA) is 78.5 Å².